The molecular weight excluding hydrogens is 210 g/mol. The molecule has 100 valence electrons. The normalized spacial score (nSPS) is 31.1. The average Bonchev–Trinajstić information content (AvgIpc) is 2.60. The molecule has 2 aliphatic heterocycles. The van der Waals surface area contributed by atoms with E-state index in [-0.39, 0.29) is 0 Å². The first-order valence-electron chi connectivity index (χ1n) is 7.31. The Morgan fingerprint density at radius 1 is 1.24 bits per heavy atom. The largest absolute Gasteiger partial charge is 0.317 e. The molecule has 1 unspecified atom stereocenters. The summed E-state index contributed by atoms with van der Waals surface area (Å²) in [5, 5.41) is 7.31. The summed E-state index contributed by atoms with van der Waals surface area (Å²) in [6, 6.07) is 0.751. The number of rotatable bonds is 3. The third-order valence-electron chi connectivity index (χ3n) is 4.59. The van der Waals surface area contributed by atoms with Crippen LogP contribution < -0.4 is 10.6 Å². The fourth-order valence-electron chi connectivity index (χ4n) is 2.95. The number of likely N-dealkylation sites (tertiary alicyclic amines) is 1. The van der Waals surface area contributed by atoms with Crippen molar-refractivity contribution in [2.45, 2.75) is 45.1 Å². The van der Waals surface area contributed by atoms with E-state index in [1.165, 1.54) is 64.8 Å². The van der Waals surface area contributed by atoms with Crippen LogP contribution in [0.1, 0.15) is 39.0 Å². The molecule has 0 amide bonds. The van der Waals surface area contributed by atoms with E-state index in [1.54, 1.807) is 0 Å². The lowest BCUT2D eigenvalue weighted by atomic mass is 9.80. The van der Waals surface area contributed by atoms with Crippen molar-refractivity contribution in [1.29, 1.82) is 0 Å². The molecular formula is C14H29N3. The van der Waals surface area contributed by atoms with Crippen molar-refractivity contribution in [3.8, 4) is 0 Å². The number of nitrogens with zero attached hydrogens (tertiary/aromatic N) is 1. The number of hydrogen-bond acceptors (Lipinski definition) is 3. The molecule has 2 aliphatic rings. The number of nitrogens with one attached hydrogen (secondary N) is 2. The van der Waals surface area contributed by atoms with Crippen LogP contribution in [-0.2, 0) is 0 Å². The minimum Gasteiger partial charge on any atom is -0.317 e. The van der Waals surface area contributed by atoms with Crippen molar-refractivity contribution in [2.75, 3.05) is 39.8 Å². The lowest BCUT2D eigenvalue weighted by Gasteiger charge is -2.39. The van der Waals surface area contributed by atoms with Gasteiger partial charge in [-0.05, 0) is 70.7 Å². The molecule has 0 radical (unpaired) electrons. The van der Waals surface area contributed by atoms with Gasteiger partial charge in [-0.3, -0.25) is 0 Å². The van der Waals surface area contributed by atoms with E-state index < -0.39 is 0 Å². The first-order valence-corrected chi connectivity index (χ1v) is 7.31. The van der Waals surface area contributed by atoms with Crippen molar-refractivity contribution in [1.82, 2.24) is 15.5 Å². The van der Waals surface area contributed by atoms with Gasteiger partial charge in [0, 0.05) is 12.6 Å². The van der Waals surface area contributed by atoms with Crippen LogP contribution in [0.2, 0.25) is 0 Å². The maximum atomic E-state index is 3.83. The molecule has 1 atom stereocenters. The molecule has 0 spiro atoms. The van der Waals surface area contributed by atoms with E-state index in [1.807, 2.05) is 0 Å². The van der Waals surface area contributed by atoms with Crippen LogP contribution in [0.4, 0.5) is 0 Å². The van der Waals surface area contributed by atoms with Gasteiger partial charge in [0.05, 0.1) is 0 Å². The van der Waals surface area contributed by atoms with Crippen LogP contribution in [0.25, 0.3) is 0 Å². The fourth-order valence-corrected chi connectivity index (χ4v) is 2.95. The van der Waals surface area contributed by atoms with Gasteiger partial charge in [0.25, 0.3) is 0 Å². The summed E-state index contributed by atoms with van der Waals surface area (Å²) >= 11 is 0. The summed E-state index contributed by atoms with van der Waals surface area (Å²) < 4.78 is 0. The van der Waals surface area contributed by atoms with Gasteiger partial charge in [-0.2, -0.15) is 0 Å². The lowest BCUT2D eigenvalue weighted by Crippen LogP contribution is -2.44. The van der Waals surface area contributed by atoms with Crippen molar-refractivity contribution in [2.24, 2.45) is 5.41 Å². The molecule has 2 saturated heterocycles. The SMILES string of the molecule is CN1CCC(C)(CNC2CCCNCC2)CC1. The second kappa shape index (κ2) is 6.17. The average molecular weight is 239 g/mol. The Labute approximate surface area is 106 Å². The Balaban J connectivity index is 1.72. The molecule has 0 aromatic rings. The van der Waals surface area contributed by atoms with Gasteiger partial charge in [-0.15, -0.1) is 0 Å². The van der Waals surface area contributed by atoms with Gasteiger partial charge in [0.2, 0.25) is 0 Å². The molecule has 0 aliphatic carbocycles. The minimum absolute atomic E-state index is 0.534. The standard InChI is InChI=1S/C14H29N3/c1-14(6-10-17(2)11-7-14)12-16-13-4-3-8-15-9-5-13/h13,15-16H,3-12H2,1-2H3. The number of hydrogen-bond donors (Lipinski definition) is 2. The molecule has 3 heteroatoms. The quantitative estimate of drug-likeness (QED) is 0.780. The third kappa shape index (κ3) is 4.23. The summed E-state index contributed by atoms with van der Waals surface area (Å²) in [7, 11) is 2.24. The van der Waals surface area contributed by atoms with Crippen molar-refractivity contribution in [3.05, 3.63) is 0 Å². The third-order valence-corrected chi connectivity index (χ3v) is 4.59. The summed E-state index contributed by atoms with van der Waals surface area (Å²) in [6.45, 7) is 8.61. The molecule has 17 heavy (non-hydrogen) atoms. The highest BCUT2D eigenvalue weighted by Crippen LogP contribution is 2.29. The topological polar surface area (TPSA) is 27.3 Å². The predicted molar refractivity (Wildman–Crippen MR) is 73.3 cm³/mol. The van der Waals surface area contributed by atoms with Crippen LogP contribution in [0.5, 0.6) is 0 Å². The zero-order valence-corrected chi connectivity index (χ0v) is 11.6. The van der Waals surface area contributed by atoms with E-state index >= 15 is 0 Å². The van der Waals surface area contributed by atoms with E-state index in [4.69, 9.17) is 0 Å². The van der Waals surface area contributed by atoms with Crippen LogP contribution in [-0.4, -0.2) is 50.7 Å². The molecule has 2 heterocycles. The molecule has 2 N–H and O–H groups in total. The molecule has 0 saturated carbocycles. The molecule has 0 bridgehead atoms. The van der Waals surface area contributed by atoms with Crippen LogP contribution >= 0.6 is 0 Å². The van der Waals surface area contributed by atoms with Gasteiger partial charge < -0.3 is 15.5 Å². The second-order valence-corrected chi connectivity index (χ2v) is 6.37. The van der Waals surface area contributed by atoms with Crippen molar-refractivity contribution < 1.29 is 0 Å². The fraction of sp³-hybridized carbons (Fsp3) is 1.00. The Hall–Kier alpha value is -0.120. The van der Waals surface area contributed by atoms with E-state index in [0.717, 1.165) is 6.04 Å². The van der Waals surface area contributed by atoms with Crippen LogP contribution in [0, 0.1) is 5.41 Å². The second-order valence-electron chi connectivity index (χ2n) is 6.37. The predicted octanol–water partition coefficient (Wildman–Crippen LogP) is 1.45. The smallest absolute Gasteiger partial charge is 0.00798 e. The van der Waals surface area contributed by atoms with Gasteiger partial charge in [0.15, 0.2) is 0 Å². The Morgan fingerprint density at radius 2 is 2.00 bits per heavy atom. The molecule has 0 aromatic carbocycles. The van der Waals surface area contributed by atoms with Crippen LogP contribution in [0.3, 0.4) is 0 Å². The maximum Gasteiger partial charge on any atom is 0.00798 e. The first-order chi connectivity index (χ1) is 8.18. The zero-order chi connectivity index (χ0) is 12.1. The Kier molecular flexibility index (Phi) is 4.83. The number of piperidine rings is 1. The van der Waals surface area contributed by atoms with Crippen molar-refractivity contribution >= 4 is 0 Å². The van der Waals surface area contributed by atoms with E-state index in [9.17, 15) is 0 Å². The van der Waals surface area contributed by atoms with Gasteiger partial charge in [0.1, 0.15) is 0 Å². The molecule has 3 nitrogen and oxygen atoms in total. The summed E-state index contributed by atoms with van der Waals surface area (Å²) in [4.78, 5) is 2.46. The maximum absolute atomic E-state index is 3.83. The van der Waals surface area contributed by atoms with Gasteiger partial charge in [-0.25, -0.2) is 0 Å². The molecule has 0 aromatic heterocycles. The summed E-state index contributed by atoms with van der Waals surface area (Å²) in [5.74, 6) is 0. The van der Waals surface area contributed by atoms with Gasteiger partial charge >= 0.3 is 0 Å². The molecule has 2 fully saturated rings. The lowest BCUT2D eigenvalue weighted by molar-refractivity contribution is 0.132. The highest BCUT2D eigenvalue weighted by molar-refractivity contribution is 4.85. The monoisotopic (exact) mass is 239 g/mol. The summed E-state index contributed by atoms with van der Waals surface area (Å²) in [5.41, 5.74) is 0.534. The highest BCUT2D eigenvalue weighted by Gasteiger charge is 2.29. The van der Waals surface area contributed by atoms with E-state index in [2.05, 4.69) is 29.5 Å². The Bertz CT molecular complexity index is 214. The zero-order valence-electron chi connectivity index (χ0n) is 11.6. The first kappa shape index (κ1) is 13.3. The molecule has 2 rings (SSSR count). The Morgan fingerprint density at radius 3 is 2.76 bits per heavy atom. The van der Waals surface area contributed by atoms with Crippen molar-refractivity contribution in [3.63, 3.8) is 0 Å². The van der Waals surface area contributed by atoms with Crippen LogP contribution in [0.15, 0.2) is 0 Å². The van der Waals surface area contributed by atoms with E-state index in [0.29, 0.717) is 5.41 Å². The minimum atomic E-state index is 0.534. The van der Waals surface area contributed by atoms with Gasteiger partial charge in [-0.1, -0.05) is 6.92 Å². The highest BCUT2D eigenvalue weighted by atomic mass is 15.1. The summed E-state index contributed by atoms with van der Waals surface area (Å²) in [6.07, 6.45) is 6.68.